The van der Waals surface area contributed by atoms with Crippen LogP contribution in [0.25, 0.3) is 0 Å². The first-order valence-electron chi connectivity index (χ1n) is 9.95. The van der Waals surface area contributed by atoms with E-state index in [1.54, 1.807) is 45.3 Å². The van der Waals surface area contributed by atoms with E-state index < -0.39 is 23.8 Å². The fourth-order valence-corrected chi connectivity index (χ4v) is 3.96. The SMILES string of the molecule is CC(C)(C)OC(=O)N1CCC[C@@H]1C(=O)NC(c1ccncc1)c1c(O)ccc(Cl)c1Cl. The van der Waals surface area contributed by atoms with Gasteiger partial charge in [-0.25, -0.2) is 4.79 Å². The molecule has 7 nitrogen and oxygen atoms in total. The summed E-state index contributed by atoms with van der Waals surface area (Å²) in [7, 11) is 0. The number of aromatic nitrogens is 1. The lowest BCUT2D eigenvalue weighted by Crippen LogP contribution is -2.48. The summed E-state index contributed by atoms with van der Waals surface area (Å²) in [5.74, 6) is -0.479. The molecule has 2 aromatic rings. The maximum absolute atomic E-state index is 13.3. The molecule has 2 heterocycles. The van der Waals surface area contributed by atoms with Crippen LogP contribution in [0.2, 0.25) is 10.0 Å². The Hall–Kier alpha value is -2.51. The third-order valence-electron chi connectivity index (χ3n) is 4.91. The summed E-state index contributed by atoms with van der Waals surface area (Å²) in [4.78, 5) is 31.3. The van der Waals surface area contributed by atoms with E-state index in [0.29, 0.717) is 24.9 Å². The van der Waals surface area contributed by atoms with Crippen LogP contribution in [-0.4, -0.2) is 45.2 Å². The van der Waals surface area contributed by atoms with Gasteiger partial charge in [0.25, 0.3) is 0 Å². The summed E-state index contributed by atoms with van der Waals surface area (Å²) in [6, 6.07) is 4.84. The van der Waals surface area contributed by atoms with Crippen molar-refractivity contribution in [2.45, 2.75) is 51.3 Å². The molecule has 0 bridgehead atoms. The topological polar surface area (TPSA) is 91.8 Å². The summed E-state index contributed by atoms with van der Waals surface area (Å²) >= 11 is 12.6. The molecule has 0 aliphatic carbocycles. The van der Waals surface area contributed by atoms with Crippen LogP contribution in [0.5, 0.6) is 5.75 Å². The van der Waals surface area contributed by atoms with Crippen molar-refractivity contribution in [2.75, 3.05) is 6.54 Å². The zero-order valence-corrected chi connectivity index (χ0v) is 19.1. The van der Waals surface area contributed by atoms with Crippen LogP contribution in [0.3, 0.4) is 0 Å². The van der Waals surface area contributed by atoms with Crippen molar-refractivity contribution in [1.82, 2.24) is 15.2 Å². The fraction of sp³-hybridized carbons (Fsp3) is 0.409. The van der Waals surface area contributed by atoms with Gasteiger partial charge in [-0.1, -0.05) is 23.2 Å². The lowest BCUT2D eigenvalue weighted by molar-refractivity contribution is -0.126. The number of hydrogen-bond acceptors (Lipinski definition) is 5. The molecule has 1 aliphatic heterocycles. The number of carbonyl (C=O) groups is 2. The highest BCUT2D eigenvalue weighted by molar-refractivity contribution is 6.42. The Morgan fingerprint density at radius 3 is 2.55 bits per heavy atom. The lowest BCUT2D eigenvalue weighted by Gasteiger charge is -2.29. The van der Waals surface area contributed by atoms with Gasteiger partial charge in [-0.05, 0) is 63.4 Å². The molecule has 2 amide bonds. The van der Waals surface area contributed by atoms with E-state index in [0.717, 1.165) is 0 Å². The Kier molecular flexibility index (Phi) is 6.96. The number of rotatable bonds is 4. The van der Waals surface area contributed by atoms with Gasteiger partial charge in [0.1, 0.15) is 17.4 Å². The molecule has 31 heavy (non-hydrogen) atoms. The molecule has 1 aromatic heterocycles. The summed E-state index contributed by atoms with van der Waals surface area (Å²) < 4.78 is 5.45. The number of likely N-dealkylation sites (tertiary alicyclic amines) is 1. The smallest absolute Gasteiger partial charge is 0.410 e. The van der Waals surface area contributed by atoms with Gasteiger partial charge < -0.3 is 15.2 Å². The van der Waals surface area contributed by atoms with Crippen molar-refractivity contribution >= 4 is 35.2 Å². The average molecular weight is 466 g/mol. The highest BCUT2D eigenvalue weighted by atomic mass is 35.5. The lowest BCUT2D eigenvalue weighted by atomic mass is 9.97. The van der Waals surface area contributed by atoms with Crippen LogP contribution >= 0.6 is 23.2 Å². The summed E-state index contributed by atoms with van der Waals surface area (Å²) in [5.41, 5.74) is 0.264. The molecule has 0 radical (unpaired) electrons. The summed E-state index contributed by atoms with van der Waals surface area (Å²) in [6.45, 7) is 5.76. The van der Waals surface area contributed by atoms with Crippen LogP contribution in [0.4, 0.5) is 4.79 Å². The number of phenols is 1. The predicted octanol–water partition coefficient (Wildman–Crippen LogP) is 4.70. The largest absolute Gasteiger partial charge is 0.508 e. The normalized spacial score (nSPS) is 17.3. The number of carbonyl (C=O) groups excluding carboxylic acids is 2. The van der Waals surface area contributed by atoms with E-state index in [4.69, 9.17) is 27.9 Å². The number of ether oxygens (including phenoxy) is 1. The Labute approximate surface area is 191 Å². The van der Waals surface area contributed by atoms with Crippen molar-refractivity contribution < 1.29 is 19.4 Å². The molecule has 3 rings (SSSR count). The van der Waals surface area contributed by atoms with Crippen molar-refractivity contribution in [3.8, 4) is 5.75 Å². The molecule has 166 valence electrons. The molecule has 0 spiro atoms. The molecular weight excluding hydrogens is 441 g/mol. The molecule has 1 aromatic carbocycles. The van der Waals surface area contributed by atoms with Crippen molar-refractivity contribution in [1.29, 1.82) is 0 Å². The second-order valence-corrected chi connectivity index (χ2v) is 9.13. The minimum absolute atomic E-state index is 0.105. The number of amides is 2. The number of pyridine rings is 1. The highest BCUT2D eigenvalue weighted by Crippen LogP contribution is 2.39. The molecule has 1 aliphatic rings. The molecule has 1 saturated heterocycles. The van der Waals surface area contributed by atoms with E-state index >= 15 is 0 Å². The monoisotopic (exact) mass is 465 g/mol. The maximum atomic E-state index is 13.3. The third-order valence-corrected chi connectivity index (χ3v) is 5.73. The minimum atomic E-state index is -0.789. The number of halogens is 2. The van der Waals surface area contributed by atoms with E-state index in [2.05, 4.69) is 10.3 Å². The minimum Gasteiger partial charge on any atom is -0.508 e. The van der Waals surface area contributed by atoms with E-state index in [9.17, 15) is 14.7 Å². The average Bonchev–Trinajstić information content (AvgIpc) is 3.20. The van der Waals surface area contributed by atoms with Gasteiger partial charge in [-0.15, -0.1) is 0 Å². The summed E-state index contributed by atoms with van der Waals surface area (Å²) in [5, 5.41) is 13.8. The van der Waals surface area contributed by atoms with Crippen molar-refractivity contribution in [2.24, 2.45) is 0 Å². The van der Waals surface area contributed by atoms with Gasteiger partial charge in [0.05, 0.1) is 16.1 Å². The Balaban J connectivity index is 1.91. The Bertz CT molecular complexity index is 963. The maximum Gasteiger partial charge on any atom is 0.410 e. The van der Waals surface area contributed by atoms with Gasteiger partial charge in [0.15, 0.2) is 0 Å². The standard InChI is InChI=1S/C22H25Cl2N3O4/c1-22(2,3)31-21(30)27-12-4-5-15(27)20(29)26-19(13-8-10-25-11-9-13)17-16(28)7-6-14(23)18(17)24/h6-11,15,19,28H,4-5,12H2,1-3H3,(H,26,29)/t15-,19?/m1/s1. The Morgan fingerprint density at radius 1 is 1.23 bits per heavy atom. The predicted molar refractivity (Wildman–Crippen MR) is 118 cm³/mol. The van der Waals surface area contributed by atoms with Crippen LogP contribution in [0.1, 0.15) is 50.8 Å². The van der Waals surface area contributed by atoms with E-state index in [1.165, 1.54) is 17.0 Å². The van der Waals surface area contributed by atoms with Crippen LogP contribution in [0.15, 0.2) is 36.7 Å². The van der Waals surface area contributed by atoms with Gasteiger partial charge in [0, 0.05) is 24.5 Å². The van der Waals surface area contributed by atoms with Crippen molar-refractivity contribution in [3.63, 3.8) is 0 Å². The van der Waals surface area contributed by atoms with E-state index in [1.807, 2.05) is 0 Å². The first-order chi connectivity index (χ1) is 14.6. The number of nitrogens with one attached hydrogen (secondary N) is 1. The van der Waals surface area contributed by atoms with Gasteiger partial charge >= 0.3 is 6.09 Å². The number of nitrogens with zero attached hydrogens (tertiary/aromatic N) is 2. The highest BCUT2D eigenvalue weighted by Gasteiger charge is 2.38. The van der Waals surface area contributed by atoms with Crippen LogP contribution in [0, 0.1) is 0 Å². The number of aromatic hydroxyl groups is 1. The van der Waals surface area contributed by atoms with Gasteiger partial charge in [-0.2, -0.15) is 0 Å². The van der Waals surface area contributed by atoms with E-state index in [-0.39, 0.29) is 27.3 Å². The second-order valence-electron chi connectivity index (χ2n) is 8.35. The first-order valence-corrected chi connectivity index (χ1v) is 10.7. The summed E-state index contributed by atoms with van der Waals surface area (Å²) in [6.07, 6.45) is 3.80. The quantitative estimate of drug-likeness (QED) is 0.682. The zero-order chi connectivity index (χ0) is 22.8. The number of phenolic OH excluding ortho intramolecular Hbond substituents is 1. The number of benzene rings is 1. The molecule has 9 heteroatoms. The van der Waals surface area contributed by atoms with Gasteiger partial charge in [-0.3, -0.25) is 14.7 Å². The fourth-order valence-electron chi connectivity index (χ4n) is 3.53. The first kappa shape index (κ1) is 23.2. The molecule has 1 fully saturated rings. The van der Waals surface area contributed by atoms with Crippen LogP contribution < -0.4 is 5.32 Å². The van der Waals surface area contributed by atoms with Crippen molar-refractivity contribution in [3.05, 3.63) is 57.8 Å². The molecule has 2 atom stereocenters. The van der Waals surface area contributed by atoms with Crippen LogP contribution in [-0.2, 0) is 9.53 Å². The second kappa shape index (κ2) is 9.32. The third kappa shape index (κ3) is 5.40. The number of hydrogen-bond donors (Lipinski definition) is 2. The Morgan fingerprint density at radius 2 is 1.90 bits per heavy atom. The molecule has 1 unspecified atom stereocenters. The van der Waals surface area contributed by atoms with Gasteiger partial charge in [0.2, 0.25) is 5.91 Å². The molecule has 0 saturated carbocycles. The molecule has 2 N–H and O–H groups in total. The zero-order valence-electron chi connectivity index (χ0n) is 17.6. The molecular formula is C22H25Cl2N3O4.